The molecule has 154 valence electrons. The number of carbonyl (C=O) groups excluding carboxylic acids is 2. The highest BCUT2D eigenvalue weighted by atomic mass is 16.5. The van der Waals surface area contributed by atoms with Gasteiger partial charge in [0.2, 0.25) is 5.91 Å². The van der Waals surface area contributed by atoms with Gasteiger partial charge in [0.15, 0.2) is 0 Å². The number of fused-ring (bicyclic) bond motifs is 2. The molecule has 0 bridgehead atoms. The number of rotatable bonds is 4. The van der Waals surface area contributed by atoms with Gasteiger partial charge in [-0.15, -0.1) is 0 Å². The summed E-state index contributed by atoms with van der Waals surface area (Å²) in [5, 5.41) is 2.78. The van der Waals surface area contributed by atoms with Crippen molar-refractivity contribution in [3.05, 3.63) is 76.5 Å². The molecule has 2 amide bonds. The summed E-state index contributed by atoms with van der Waals surface area (Å²) >= 11 is 0. The number of nitrogens with one attached hydrogen (secondary N) is 1. The Hall–Kier alpha value is -3.12. The van der Waals surface area contributed by atoms with Crippen molar-refractivity contribution in [3.8, 4) is 5.75 Å². The third-order valence-corrected chi connectivity index (χ3v) is 6.20. The molecule has 30 heavy (non-hydrogen) atoms. The fraction of sp³-hybridized carbons (Fsp3) is 0.333. The minimum atomic E-state index is -0.461. The Kier molecular flexibility index (Phi) is 4.59. The van der Waals surface area contributed by atoms with Crippen LogP contribution >= 0.6 is 0 Å². The molecule has 2 aromatic rings. The Morgan fingerprint density at radius 1 is 1.13 bits per heavy atom. The van der Waals surface area contributed by atoms with E-state index in [2.05, 4.69) is 42.0 Å². The lowest BCUT2D eigenvalue weighted by Crippen LogP contribution is -2.49. The van der Waals surface area contributed by atoms with E-state index in [-0.39, 0.29) is 11.8 Å². The molecule has 1 N–H and O–H groups in total. The van der Waals surface area contributed by atoms with Gasteiger partial charge in [-0.3, -0.25) is 14.5 Å². The number of nitrogens with zero attached hydrogens (tertiary/aromatic N) is 2. The summed E-state index contributed by atoms with van der Waals surface area (Å²) in [5.74, 6) is 0.447. The van der Waals surface area contributed by atoms with Crippen molar-refractivity contribution in [3.63, 3.8) is 0 Å². The third kappa shape index (κ3) is 3.27. The fourth-order valence-corrected chi connectivity index (χ4v) is 4.64. The summed E-state index contributed by atoms with van der Waals surface area (Å²) in [5.41, 5.74) is 6.04. The monoisotopic (exact) mass is 403 g/mol. The van der Waals surface area contributed by atoms with Crippen molar-refractivity contribution in [2.45, 2.75) is 45.1 Å². The van der Waals surface area contributed by atoms with Gasteiger partial charge in [-0.05, 0) is 48.7 Å². The van der Waals surface area contributed by atoms with Gasteiger partial charge in [-0.25, -0.2) is 0 Å². The molecule has 1 atom stereocenters. The lowest BCUT2D eigenvalue weighted by atomic mass is 10.0. The van der Waals surface area contributed by atoms with E-state index < -0.39 is 6.04 Å². The zero-order valence-electron chi connectivity index (χ0n) is 17.1. The highest BCUT2D eigenvalue weighted by Gasteiger charge is 2.39. The SMILES string of the molecule is C=C1CCC(N2Cc3c(OCc4ccc5c(c4)CN(C)C5)cccc3C2=O)C(=O)N1. The first-order chi connectivity index (χ1) is 14.5. The van der Waals surface area contributed by atoms with Gasteiger partial charge in [0.25, 0.3) is 5.91 Å². The molecule has 0 saturated carbocycles. The van der Waals surface area contributed by atoms with Gasteiger partial charge in [-0.2, -0.15) is 0 Å². The van der Waals surface area contributed by atoms with Crippen molar-refractivity contribution in [2.75, 3.05) is 7.05 Å². The summed E-state index contributed by atoms with van der Waals surface area (Å²) in [6.07, 6.45) is 1.29. The number of hydrogen-bond acceptors (Lipinski definition) is 4. The molecule has 1 saturated heterocycles. The van der Waals surface area contributed by atoms with E-state index in [0.717, 1.165) is 24.2 Å². The molecule has 3 heterocycles. The Morgan fingerprint density at radius 2 is 1.97 bits per heavy atom. The second-order valence-corrected chi connectivity index (χ2v) is 8.43. The maximum absolute atomic E-state index is 13.0. The number of piperidine rings is 1. The highest BCUT2D eigenvalue weighted by molar-refractivity contribution is 6.02. The standard InChI is InChI=1S/C24H25N3O3/c1-15-6-9-21(23(28)25-15)27-13-20-19(24(27)29)4-3-5-22(20)30-14-16-7-8-17-11-26(2)12-18(17)10-16/h3-5,7-8,10,21H,1,6,9,11-14H2,2H3,(H,25,28). The lowest BCUT2D eigenvalue weighted by Gasteiger charge is -2.31. The Bertz CT molecular complexity index is 1060. The average molecular weight is 403 g/mol. The Labute approximate surface area is 176 Å². The van der Waals surface area contributed by atoms with E-state index in [1.807, 2.05) is 18.2 Å². The molecular weight excluding hydrogens is 378 g/mol. The van der Waals surface area contributed by atoms with Crippen LogP contribution in [0.5, 0.6) is 5.75 Å². The number of allylic oxidation sites excluding steroid dienone is 1. The molecular formula is C24H25N3O3. The van der Waals surface area contributed by atoms with Crippen LogP contribution < -0.4 is 10.1 Å². The maximum atomic E-state index is 13.0. The molecule has 0 spiro atoms. The van der Waals surface area contributed by atoms with E-state index in [4.69, 9.17) is 4.74 Å². The van der Waals surface area contributed by atoms with Gasteiger partial charge in [0.05, 0.1) is 6.54 Å². The molecule has 0 radical (unpaired) electrons. The lowest BCUT2D eigenvalue weighted by molar-refractivity contribution is -0.126. The maximum Gasteiger partial charge on any atom is 0.255 e. The Morgan fingerprint density at radius 3 is 2.80 bits per heavy atom. The van der Waals surface area contributed by atoms with Crippen LogP contribution in [0.15, 0.2) is 48.7 Å². The topological polar surface area (TPSA) is 61.9 Å². The molecule has 6 nitrogen and oxygen atoms in total. The van der Waals surface area contributed by atoms with E-state index in [0.29, 0.717) is 43.0 Å². The second kappa shape index (κ2) is 7.29. The van der Waals surface area contributed by atoms with E-state index >= 15 is 0 Å². The molecule has 3 aliphatic rings. The first-order valence-electron chi connectivity index (χ1n) is 10.3. The van der Waals surface area contributed by atoms with Gasteiger partial charge >= 0.3 is 0 Å². The molecule has 5 rings (SSSR count). The molecule has 1 unspecified atom stereocenters. The van der Waals surface area contributed by atoms with Gasteiger partial charge in [-0.1, -0.05) is 30.8 Å². The van der Waals surface area contributed by atoms with Crippen LogP contribution in [0.3, 0.4) is 0 Å². The summed E-state index contributed by atoms with van der Waals surface area (Å²) < 4.78 is 6.14. The number of ether oxygens (including phenoxy) is 1. The smallest absolute Gasteiger partial charge is 0.255 e. The van der Waals surface area contributed by atoms with Crippen molar-refractivity contribution in [1.82, 2.24) is 15.1 Å². The van der Waals surface area contributed by atoms with Crippen LogP contribution in [0.1, 0.15) is 45.5 Å². The number of hydrogen-bond donors (Lipinski definition) is 1. The predicted molar refractivity (Wildman–Crippen MR) is 113 cm³/mol. The van der Waals surface area contributed by atoms with Crippen LogP contribution in [-0.4, -0.2) is 34.7 Å². The number of carbonyl (C=O) groups is 2. The summed E-state index contributed by atoms with van der Waals surface area (Å²) in [7, 11) is 2.12. The predicted octanol–water partition coefficient (Wildman–Crippen LogP) is 2.96. The first kappa shape index (κ1) is 18.9. The van der Waals surface area contributed by atoms with Crippen molar-refractivity contribution in [2.24, 2.45) is 0 Å². The minimum Gasteiger partial charge on any atom is -0.489 e. The fourth-order valence-electron chi connectivity index (χ4n) is 4.64. The highest BCUT2D eigenvalue weighted by Crippen LogP contribution is 2.34. The number of amides is 2. The van der Waals surface area contributed by atoms with Gasteiger partial charge in [0, 0.05) is 29.9 Å². The number of benzene rings is 2. The zero-order chi connectivity index (χ0) is 20.8. The average Bonchev–Trinajstić information content (AvgIpc) is 3.25. The molecule has 3 aliphatic heterocycles. The van der Waals surface area contributed by atoms with Crippen molar-refractivity contribution < 1.29 is 14.3 Å². The summed E-state index contributed by atoms with van der Waals surface area (Å²) in [6.45, 7) is 6.61. The summed E-state index contributed by atoms with van der Waals surface area (Å²) in [6, 6.07) is 11.6. The van der Waals surface area contributed by atoms with Crippen LogP contribution in [0.25, 0.3) is 0 Å². The molecule has 1 fully saturated rings. The molecule has 0 aliphatic carbocycles. The first-order valence-corrected chi connectivity index (χ1v) is 10.3. The van der Waals surface area contributed by atoms with Crippen LogP contribution in [0, 0.1) is 0 Å². The Balaban J connectivity index is 1.33. The molecule has 2 aromatic carbocycles. The van der Waals surface area contributed by atoms with Crippen LogP contribution in [0.4, 0.5) is 0 Å². The van der Waals surface area contributed by atoms with Gasteiger partial charge < -0.3 is 15.0 Å². The molecule has 0 aromatic heterocycles. The summed E-state index contributed by atoms with van der Waals surface area (Å²) in [4.78, 5) is 29.3. The van der Waals surface area contributed by atoms with Crippen LogP contribution in [0.2, 0.25) is 0 Å². The second-order valence-electron chi connectivity index (χ2n) is 8.43. The normalized spacial score (nSPS) is 20.9. The molecule has 6 heteroatoms. The van der Waals surface area contributed by atoms with E-state index in [1.165, 1.54) is 11.1 Å². The zero-order valence-corrected chi connectivity index (χ0v) is 17.1. The van der Waals surface area contributed by atoms with Crippen molar-refractivity contribution >= 4 is 11.8 Å². The largest absolute Gasteiger partial charge is 0.489 e. The van der Waals surface area contributed by atoms with E-state index in [1.54, 1.807) is 4.90 Å². The third-order valence-electron chi connectivity index (χ3n) is 6.20. The quantitative estimate of drug-likeness (QED) is 0.853. The van der Waals surface area contributed by atoms with Crippen molar-refractivity contribution in [1.29, 1.82) is 0 Å². The van der Waals surface area contributed by atoms with Gasteiger partial charge in [0.1, 0.15) is 18.4 Å². The van der Waals surface area contributed by atoms with E-state index in [9.17, 15) is 9.59 Å². The minimum absolute atomic E-state index is 0.108. The van der Waals surface area contributed by atoms with Crippen LogP contribution in [-0.2, 0) is 31.0 Å².